The molecule has 0 aromatic heterocycles. The molecule has 0 bridgehead atoms. The molecule has 4 nitrogen and oxygen atoms in total. The predicted octanol–water partition coefficient (Wildman–Crippen LogP) is 3.10. The molecule has 1 aromatic rings. The van der Waals surface area contributed by atoms with Gasteiger partial charge in [0, 0.05) is 12.8 Å². The van der Waals surface area contributed by atoms with Gasteiger partial charge >= 0.3 is 11.9 Å². The average Bonchev–Trinajstić information content (AvgIpc) is 2.32. The summed E-state index contributed by atoms with van der Waals surface area (Å²) in [6.07, 6.45) is 2.13. The Morgan fingerprint density at radius 1 is 0.889 bits per heavy atom. The summed E-state index contributed by atoms with van der Waals surface area (Å²) in [5.74, 6) is -0.0613. The van der Waals surface area contributed by atoms with Crippen molar-refractivity contribution in [2.24, 2.45) is 0 Å². The van der Waals surface area contributed by atoms with Gasteiger partial charge in [0.05, 0.1) is 0 Å². The number of rotatable bonds is 6. The number of hydrogen-bond donors (Lipinski definition) is 0. The van der Waals surface area contributed by atoms with Crippen molar-refractivity contribution in [3.8, 4) is 11.5 Å². The molecule has 0 N–H and O–H groups in total. The van der Waals surface area contributed by atoms with E-state index in [-0.39, 0.29) is 11.9 Å². The highest BCUT2D eigenvalue weighted by Crippen LogP contribution is 2.27. The summed E-state index contributed by atoms with van der Waals surface area (Å²) in [6.45, 7) is 3.79. The molecule has 0 atom stereocenters. The van der Waals surface area contributed by atoms with Gasteiger partial charge in [0.1, 0.15) is 0 Å². The summed E-state index contributed by atoms with van der Waals surface area (Å²) in [7, 11) is 0. The van der Waals surface area contributed by atoms with E-state index in [4.69, 9.17) is 9.47 Å². The minimum atomic E-state index is -0.323. The number of hydrogen-bond acceptors (Lipinski definition) is 4. The van der Waals surface area contributed by atoms with Gasteiger partial charge < -0.3 is 9.47 Å². The standard InChI is InChI=1S/C14H18O4/c1-3-7-13(15)17-11-9-5-6-10-12(11)18-14(16)8-4-2/h5-6,9-10H,3-4,7-8H2,1-2H3. The first-order valence-corrected chi connectivity index (χ1v) is 6.17. The van der Waals surface area contributed by atoms with E-state index in [2.05, 4.69) is 0 Å². The van der Waals surface area contributed by atoms with Crippen molar-refractivity contribution in [3.63, 3.8) is 0 Å². The number of ether oxygens (including phenoxy) is 2. The Labute approximate surface area is 107 Å². The first-order valence-electron chi connectivity index (χ1n) is 6.17. The number of carbonyl (C=O) groups excluding carboxylic acids is 2. The summed E-state index contributed by atoms with van der Waals surface area (Å²) in [6, 6.07) is 6.68. The second kappa shape index (κ2) is 7.48. The molecule has 18 heavy (non-hydrogen) atoms. The zero-order valence-electron chi connectivity index (χ0n) is 10.8. The second-order valence-corrected chi connectivity index (χ2v) is 3.89. The maximum absolute atomic E-state index is 11.4. The van der Waals surface area contributed by atoms with Crippen LogP contribution in [-0.4, -0.2) is 11.9 Å². The molecule has 1 rings (SSSR count). The van der Waals surface area contributed by atoms with Crippen LogP contribution in [0.15, 0.2) is 24.3 Å². The zero-order chi connectivity index (χ0) is 13.4. The van der Waals surface area contributed by atoms with E-state index < -0.39 is 0 Å². The topological polar surface area (TPSA) is 52.6 Å². The van der Waals surface area contributed by atoms with Gasteiger partial charge in [-0.15, -0.1) is 0 Å². The van der Waals surface area contributed by atoms with Crippen molar-refractivity contribution >= 4 is 11.9 Å². The summed E-state index contributed by atoms with van der Waals surface area (Å²) in [4.78, 5) is 22.8. The molecule has 0 amide bonds. The van der Waals surface area contributed by atoms with Gasteiger partial charge in [-0.25, -0.2) is 0 Å². The Morgan fingerprint density at radius 3 is 1.61 bits per heavy atom. The lowest BCUT2D eigenvalue weighted by Gasteiger charge is -2.09. The van der Waals surface area contributed by atoms with Crippen molar-refractivity contribution in [2.75, 3.05) is 0 Å². The summed E-state index contributed by atoms with van der Waals surface area (Å²) < 4.78 is 10.3. The summed E-state index contributed by atoms with van der Waals surface area (Å²) in [5, 5.41) is 0. The highest BCUT2D eigenvalue weighted by molar-refractivity contribution is 5.76. The minimum Gasteiger partial charge on any atom is -0.423 e. The normalized spacial score (nSPS) is 9.89. The summed E-state index contributed by atoms with van der Waals surface area (Å²) in [5.41, 5.74) is 0. The van der Waals surface area contributed by atoms with E-state index in [9.17, 15) is 9.59 Å². The second-order valence-electron chi connectivity index (χ2n) is 3.89. The van der Waals surface area contributed by atoms with E-state index in [1.54, 1.807) is 24.3 Å². The SMILES string of the molecule is CCCC(=O)Oc1ccccc1OC(=O)CCC. The Kier molecular flexibility index (Phi) is 5.91. The van der Waals surface area contributed by atoms with Crippen LogP contribution in [0, 0.1) is 0 Å². The van der Waals surface area contributed by atoms with Crippen molar-refractivity contribution < 1.29 is 19.1 Å². The molecule has 0 aliphatic carbocycles. The lowest BCUT2D eigenvalue weighted by molar-refractivity contribution is -0.137. The lowest BCUT2D eigenvalue weighted by Crippen LogP contribution is -2.11. The quantitative estimate of drug-likeness (QED) is 0.575. The monoisotopic (exact) mass is 250 g/mol. The molecule has 0 unspecified atom stereocenters. The van der Waals surface area contributed by atoms with Gasteiger partial charge in [-0.05, 0) is 25.0 Å². The zero-order valence-corrected chi connectivity index (χ0v) is 10.8. The average molecular weight is 250 g/mol. The number of esters is 2. The van der Waals surface area contributed by atoms with Crippen LogP contribution < -0.4 is 9.47 Å². The molecule has 0 aliphatic rings. The third kappa shape index (κ3) is 4.57. The number of para-hydroxylation sites is 2. The molecule has 4 heteroatoms. The van der Waals surface area contributed by atoms with Crippen LogP contribution in [-0.2, 0) is 9.59 Å². The van der Waals surface area contributed by atoms with Gasteiger partial charge in [-0.1, -0.05) is 26.0 Å². The molecule has 0 fully saturated rings. The van der Waals surface area contributed by atoms with E-state index in [1.807, 2.05) is 13.8 Å². The molecule has 0 saturated carbocycles. The fourth-order valence-electron chi connectivity index (χ4n) is 1.37. The molecule has 1 aromatic carbocycles. The van der Waals surface area contributed by atoms with Gasteiger partial charge in [0.15, 0.2) is 11.5 Å². The van der Waals surface area contributed by atoms with Crippen molar-refractivity contribution in [2.45, 2.75) is 39.5 Å². The van der Waals surface area contributed by atoms with E-state index in [0.29, 0.717) is 24.3 Å². The van der Waals surface area contributed by atoms with Crippen LogP contribution in [0.2, 0.25) is 0 Å². The van der Waals surface area contributed by atoms with E-state index in [0.717, 1.165) is 12.8 Å². The van der Waals surface area contributed by atoms with Crippen LogP contribution in [0.25, 0.3) is 0 Å². The molecule has 0 spiro atoms. The predicted molar refractivity (Wildman–Crippen MR) is 67.5 cm³/mol. The maximum atomic E-state index is 11.4. The summed E-state index contributed by atoms with van der Waals surface area (Å²) >= 11 is 0. The Balaban J connectivity index is 2.73. The van der Waals surface area contributed by atoms with Gasteiger partial charge in [0.2, 0.25) is 0 Å². The molecule has 0 aliphatic heterocycles. The van der Waals surface area contributed by atoms with Crippen LogP contribution in [0.4, 0.5) is 0 Å². The van der Waals surface area contributed by atoms with Crippen LogP contribution in [0.1, 0.15) is 39.5 Å². The van der Waals surface area contributed by atoms with Gasteiger partial charge in [-0.3, -0.25) is 9.59 Å². The first kappa shape index (κ1) is 14.2. The fourth-order valence-corrected chi connectivity index (χ4v) is 1.37. The van der Waals surface area contributed by atoms with E-state index >= 15 is 0 Å². The Hall–Kier alpha value is -1.84. The van der Waals surface area contributed by atoms with E-state index in [1.165, 1.54) is 0 Å². The van der Waals surface area contributed by atoms with Crippen molar-refractivity contribution in [1.82, 2.24) is 0 Å². The molecule has 0 heterocycles. The lowest BCUT2D eigenvalue weighted by atomic mass is 10.3. The van der Waals surface area contributed by atoms with Crippen LogP contribution in [0.3, 0.4) is 0 Å². The highest BCUT2D eigenvalue weighted by Gasteiger charge is 2.12. The third-order valence-corrected chi connectivity index (χ3v) is 2.20. The fraction of sp³-hybridized carbons (Fsp3) is 0.429. The largest absolute Gasteiger partial charge is 0.423 e. The van der Waals surface area contributed by atoms with Crippen LogP contribution in [0.5, 0.6) is 11.5 Å². The maximum Gasteiger partial charge on any atom is 0.311 e. The van der Waals surface area contributed by atoms with Crippen molar-refractivity contribution in [1.29, 1.82) is 0 Å². The Bertz CT molecular complexity index is 373. The number of benzene rings is 1. The number of carbonyl (C=O) groups is 2. The van der Waals surface area contributed by atoms with Crippen molar-refractivity contribution in [3.05, 3.63) is 24.3 Å². The first-order chi connectivity index (χ1) is 8.67. The Morgan fingerprint density at radius 2 is 1.28 bits per heavy atom. The molecule has 0 saturated heterocycles. The van der Waals surface area contributed by atoms with Crippen LogP contribution >= 0.6 is 0 Å². The molecular formula is C14H18O4. The minimum absolute atomic E-state index is 0.292. The highest BCUT2D eigenvalue weighted by atomic mass is 16.6. The molecule has 0 radical (unpaired) electrons. The van der Waals surface area contributed by atoms with Gasteiger partial charge in [-0.2, -0.15) is 0 Å². The van der Waals surface area contributed by atoms with Gasteiger partial charge in [0.25, 0.3) is 0 Å². The molecule has 98 valence electrons. The third-order valence-electron chi connectivity index (χ3n) is 2.20. The molecular weight excluding hydrogens is 232 g/mol. The smallest absolute Gasteiger partial charge is 0.311 e.